The molecule has 0 radical (unpaired) electrons. The monoisotopic (exact) mass is 204 g/mol. The standard InChI is InChI=1S/C8H13ClN2O2/c1-5(3-9)8(13)11-6-2-7(12)10-4-6/h5-6H,2-4H2,1H3,(H,10,12)(H,11,13). The van der Waals surface area contributed by atoms with Crippen LogP contribution in [0.2, 0.25) is 0 Å². The summed E-state index contributed by atoms with van der Waals surface area (Å²) in [6.07, 6.45) is 0.376. The van der Waals surface area contributed by atoms with Crippen molar-refractivity contribution in [2.75, 3.05) is 12.4 Å². The molecule has 0 aromatic rings. The minimum absolute atomic E-state index is 0.0103. The zero-order valence-electron chi connectivity index (χ0n) is 7.47. The molecule has 0 aromatic carbocycles. The molecule has 1 fully saturated rings. The second-order valence-electron chi connectivity index (χ2n) is 3.27. The van der Waals surface area contributed by atoms with Crippen molar-refractivity contribution in [3.8, 4) is 0 Å². The summed E-state index contributed by atoms with van der Waals surface area (Å²) in [4.78, 5) is 22.1. The quantitative estimate of drug-likeness (QED) is 0.629. The molecule has 1 aliphatic rings. The van der Waals surface area contributed by atoms with Crippen LogP contribution in [0.1, 0.15) is 13.3 Å². The molecule has 0 saturated carbocycles. The number of alkyl halides is 1. The smallest absolute Gasteiger partial charge is 0.224 e. The summed E-state index contributed by atoms with van der Waals surface area (Å²) < 4.78 is 0. The summed E-state index contributed by atoms with van der Waals surface area (Å²) >= 11 is 5.52. The highest BCUT2D eigenvalue weighted by molar-refractivity contribution is 6.19. The van der Waals surface area contributed by atoms with E-state index >= 15 is 0 Å². The summed E-state index contributed by atoms with van der Waals surface area (Å²) in [6, 6.07) is -0.0642. The van der Waals surface area contributed by atoms with Gasteiger partial charge in [-0.3, -0.25) is 9.59 Å². The molecule has 0 aliphatic carbocycles. The molecule has 2 N–H and O–H groups in total. The van der Waals surface area contributed by atoms with Gasteiger partial charge < -0.3 is 10.6 Å². The van der Waals surface area contributed by atoms with Gasteiger partial charge in [0.25, 0.3) is 0 Å². The lowest BCUT2D eigenvalue weighted by atomic mass is 10.1. The highest BCUT2D eigenvalue weighted by atomic mass is 35.5. The Morgan fingerprint density at radius 2 is 2.54 bits per heavy atom. The predicted octanol–water partition coefficient (Wildman–Crippen LogP) is -0.134. The molecule has 2 unspecified atom stereocenters. The van der Waals surface area contributed by atoms with E-state index in [1.54, 1.807) is 6.92 Å². The van der Waals surface area contributed by atoms with Crippen LogP contribution in [0.25, 0.3) is 0 Å². The maximum absolute atomic E-state index is 11.3. The first-order valence-electron chi connectivity index (χ1n) is 4.26. The lowest BCUT2D eigenvalue weighted by molar-refractivity contribution is -0.124. The van der Waals surface area contributed by atoms with Gasteiger partial charge in [-0.15, -0.1) is 11.6 Å². The van der Waals surface area contributed by atoms with Gasteiger partial charge in [-0.05, 0) is 0 Å². The number of amides is 2. The molecule has 1 saturated heterocycles. The van der Waals surface area contributed by atoms with Crippen molar-refractivity contribution < 1.29 is 9.59 Å². The fraction of sp³-hybridized carbons (Fsp3) is 0.750. The predicted molar refractivity (Wildman–Crippen MR) is 49.4 cm³/mol. The zero-order chi connectivity index (χ0) is 9.84. The van der Waals surface area contributed by atoms with Crippen molar-refractivity contribution in [2.45, 2.75) is 19.4 Å². The lowest BCUT2D eigenvalue weighted by Gasteiger charge is -2.13. The topological polar surface area (TPSA) is 58.2 Å². The average molecular weight is 205 g/mol. The summed E-state index contributed by atoms with van der Waals surface area (Å²) in [5, 5.41) is 5.40. The van der Waals surface area contributed by atoms with Gasteiger partial charge in [0.1, 0.15) is 0 Å². The Morgan fingerprint density at radius 3 is 3.00 bits per heavy atom. The Morgan fingerprint density at radius 1 is 1.85 bits per heavy atom. The lowest BCUT2D eigenvalue weighted by Crippen LogP contribution is -2.39. The molecule has 2 atom stereocenters. The van der Waals surface area contributed by atoms with E-state index < -0.39 is 0 Å². The number of carbonyl (C=O) groups excluding carboxylic acids is 2. The molecule has 74 valence electrons. The normalized spacial score (nSPS) is 23.8. The Balaban J connectivity index is 2.32. The van der Waals surface area contributed by atoms with E-state index in [0.717, 1.165) is 0 Å². The first-order valence-corrected chi connectivity index (χ1v) is 4.80. The highest BCUT2D eigenvalue weighted by Crippen LogP contribution is 2.03. The Bertz CT molecular complexity index is 220. The van der Waals surface area contributed by atoms with Crippen molar-refractivity contribution in [2.24, 2.45) is 5.92 Å². The van der Waals surface area contributed by atoms with Crippen LogP contribution in [0, 0.1) is 5.92 Å². The van der Waals surface area contributed by atoms with Crippen LogP contribution < -0.4 is 10.6 Å². The SMILES string of the molecule is CC(CCl)C(=O)NC1CNC(=O)C1. The van der Waals surface area contributed by atoms with Crippen LogP contribution >= 0.6 is 11.6 Å². The number of nitrogens with one attached hydrogen (secondary N) is 2. The van der Waals surface area contributed by atoms with E-state index in [9.17, 15) is 9.59 Å². The van der Waals surface area contributed by atoms with Gasteiger partial charge >= 0.3 is 0 Å². The molecule has 1 aliphatic heterocycles. The van der Waals surface area contributed by atoms with Crippen molar-refractivity contribution in [1.82, 2.24) is 10.6 Å². The molecule has 13 heavy (non-hydrogen) atoms. The van der Waals surface area contributed by atoms with Crippen LogP contribution in [0.5, 0.6) is 0 Å². The van der Waals surface area contributed by atoms with E-state index in [4.69, 9.17) is 11.6 Å². The van der Waals surface area contributed by atoms with E-state index in [1.807, 2.05) is 0 Å². The van der Waals surface area contributed by atoms with E-state index in [1.165, 1.54) is 0 Å². The first kappa shape index (κ1) is 10.3. The average Bonchev–Trinajstić information content (AvgIpc) is 2.49. The molecule has 5 heteroatoms. The Hall–Kier alpha value is -0.770. The third kappa shape index (κ3) is 2.88. The third-order valence-corrected chi connectivity index (χ3v) is 2.47. The molecule has 1 heterocycles. The van der Waals surface area contributed by atoms with Crippen LogP contribution in [-0.4, -0.2) is 30.3 Å². The van der Waals surface area contributed by atoms with Crippen molar-refractivity contribution >= 4 is 23.4 Å². The number of halogens is 1. The fourth-order valence-electron chi connectivity index (χ4n) is 1.12. The van der Waals surface area contributed by atoms with Crippen molar-refractivity contribution in [3.05, 3.63) is 0 Å². The molecular formula is C8H13ClN2O2. The van der Waals surface area contributed by atoms with Crippen LogP contribution in [-0.2, 0) is 9.59 Å². The van der Waals surface area contributed by atoms with Gasteiger partial charge in [0.15, 0.2) is 0 Å². The molecule has 1 rings (SSSR count). The van der Waals surface area contributed by atoms with Crippen molar-refractivity contribution in [1.29, 1.82) is 0 Å². The van der Waals surface area contributed by atoms with Gasteiger partial charge in [0.05, 0.1) is 6.04 Å². The number of carbonyl (C=O) groups is 2. The second-order valence-corrected chi connectivity index (χ2v) is 3.58. The van der Waals surface area contributed by atoms with E-state index in [-0.39, 0.29) is 23.8 Å². The van der Waals surface area contributed by atoms with Crippen LogP contribution in [0.15, 0.2) is 0 Å². The minimum atomic E-state index is -0.197. The molecular weight excluding hydrogens is 192 g/mol. The fourth-order valence-corrected chi connectivity index (χ4v) is 1.26. The maximum Gasteiger partial charge on any atom is 0.224 e. The Labute approximate surface area is 82.0 Å². The minimum Gasteiger partial charge on any atom is -0.354 e. The number of rotatable bonds is 3. The Kier molecular flexibility index (Phi) is 3.54. The third-order valence-electron chi connectivity index (χ3n) is 2.00. The molecule has 2 amide bonds. The maximum atomic E-state index is 11.3. The van der Waals surface area contributed by atoms with E-state index in [2.05, 4.69) is 10.6 Å². The first-order chi connectivity index (χ1) is 6.13. The molecule has 4 nitrogen and oxygen atoms in total. The molecule has 0 spiro atoms. The van der Waals surface area contributed by atoms with Crippen LogP contribution in [0.3, 0.4) is 0 Å². The number of hydrogen-bond donors (Lipinski definition) is 2. The summed E-state index contributed by atoms with van der Waals surface area (Å²) in [5.74, 6) is 0.0117. The van der Waals surface area contributed by atoms with Crippen LogP contribution in [0.4, 0.5) is 0 Å². The summed E-state index contributed by atoms with van der Waals surface area (Å²) in [6.45, 7) is 2.28. The second kappa shape index (κ2) is 4.46. The zero-order valence-corrected chi connectivity index (χ0v) is 8.23. The molecule has 0 bridgehead atoms. The highest BCUT2D eigenvalue weighted by Gasteiger charge is 2.24. The van der Waals surface area contributed by atoms with E-state index in [0.29, 0.717) is 18.8 Å². The van der Waals surface area contributed by atoms with Gasteiger partial charge in [-0.2, -0.15) is 0 Å². The molecule has 0 aromatic heterocycles. The summed E-state index contributed by atoms with van der Waals surface area (Å²) in [7, 11) is 0. The van der Waals surface area contributed by atoms with Gasteiger partial charge in [0, 0.05) is 24.8 Å². The summed E-state index contributed by atoms with van der Waals surface area (Å²) in [5.41, 5.74) is 0. The van der Waals surface area contributed by atoms with Crippen molar-refractivity contribution in [3.63, 3.8) is 0 Å². The van der Waals surface area contributed by atoms with Gasteiger partial charge in [-0.25, -0.2) is 0 Å². The van der Waals surface area contributed by atoms with Gasteiger partial charge in [-0.1, -0.05) is 6.92 Å². The number of hydrogen-bond acceptors (Lipinski definition) is 2. The van der Waals surface area contributed by atoms with Gasteiger partial charge in [0.2, 0.25) is 11.8 Å². The largest absolute Gasteiger partial charge is 0.354 e.